The van der Waals surface area contributed by atoms with E-state index in [9.17, 15) is 0 Å². The summed E-state index contributed by atoms with van der Waals surface area (Å²) in [6.07, 6.45) is 7.97. The van der Waals surface area contributed by atoms with Gasteiger partial charge in [0.25, 0.3) is 0 Å². The smallest absolute Gasteiger partial charge is 0.197 e. The van der Waals surface area contributed by atoms with Crippen LogP contribution in [-0.4, -0.2) is 15.0 Å². The quantitative estimate of drug-likeness (QED) is 0.641. The van der Waals surface area contributed by atoms with Gasteiger partial charge in [-0.3, -0.25) is 0 Å². The highest BCUT2D eigenvalue weighted by atomic mass is 15.0. The number of aromatic nitrogens is 3. The first kappa shape index (κ1) is 12.9. The molecule has 0 spiro atoms. The lowest BCUT2D eigenvalue weighted by molar-refractivity contribution is 0.670. The number of H-pyrrole nitrogens is 2. The summed E-state index contributed by atoms with van der Waals surface area (Å²) in [6, 6.07) is 6.26. The van der Waals surface area contributed by atoms with Gasteiger partial charge in [0, 0.05) is 33.3 Å². The Bertz CT molecular complexity index is 1020. The van der Waals surface area contributed by atoms with Gasteiger partial charge >= 0.3 is 0 Å². The fraction of sp³-hybridized carbons (Fsp3) is 0.176. The number of hydrogen-bond acceptors (Lipinski definition) is 3. The zero-order valence-electron chi connectivity index (χ0n) is 12.5. The second kappa shape index (κ2) is 4.34. The molecule has 4 N–H and O–H groups in total. The number of allylic oxidation sites excluding steroid dienone is 1. The Morgan fingerprint density at radius 2 is 2.05 bits per heavy atom. The van der Waals surface area contributed by atoms with Gasteiger partial charge in [0.2, 0.25) is 0 Å². The number of hydrogen-bond donors (Lipinski definition) is 3. The maximum atomic E-state index is 5.67. The number of fused-ring (bicyclic) bond motifs is 3. The molecule has 22 heavy (non-hydrogen) atoms. The van der Waals surface area contributed by atoms with Crippen molar-refractivity contribution in [1.29, 1.82) is 0 Å². The third-order valence-electron chi connectivity index (χ3n) is 3.95. The Kier molecular flexibility index (Phi) is 2.54. The largest absolute Gasteiger partial charge is 0.369 e. The minimum atomic E-state index is -0.0295. The fourth-order valence-corrected chi connectivity index (χ4v) is 2.82. The van der Waals surface area contributed by atoms with Gasteiger partial charge in [-0.15, -0.1) is 0 Å². The molecule has 3 aromatic rings. The summed E-state index contributed by atoms with van der Waals surface area (Å²) in [6.45, 7) is 4.35. The zero-order valence-corrected chi connectivity index (χ0v) is 12.5. The van der Waals surface area contributed by atoms with Crippen LogP contribution in [0.1, 0.15) is 13.8 Å². The Hall–Kier alpha value is -2.82. The van der Waals surface area contributed by atoms with E-state index in [1.165, 1.54) is 0 Å². The van der Waals surface area contributed by atoms with Crippen molar-refractivity contribution in [3.63, 3.8) is 0 Å². The van der Waals surface area contributed by atoms with Gasteiger partial charge < -0.3 is 15.7 Å². The number of anilines is 1. The van der Waals surface area contributed by atoms with Crippen LogP contribution in [0.4, 0.5) is 5.95 Å². The SMILES string of the molecule is CC1(C)C=CN=c2[nH]c3ccc(-c4cnc(N)[nH]4)cc3c2=C1. The molecule has 0 aliphatic carbocycles. The molecule has 1 aliphatic rings. The summed E-state index contributed by atoms with van der Waals surface area (Å²) in [7, 11) is 0. The van der Waals surface area contributed by atoms with Crippen LogP contribution < -0.4 is 16.4 Å². The van der Waals surface area contributed by atoms with Gasteiger partial charge in [-0.25, -0.2) is 9.98 Å². The molecule has 4 rings (SSSR count). The first-order chi connectivity index (χ1) is 10.5. The van der Waals surface area contributed by atoms with E-state index in [2.05, 4.69) is 58.1 Å². The van der Waals surface area contributed by atoms with Gasteiger partial charge in [-0.2, -0.15) is 0 Å². The predicted octanol–water partition coefficient (Wildman–Crippen LogP) is 2.09. The summed E-state index contributed by atoms with van der Waals surface area (Å²) in [5.74, 6) is 0.426. The highest BCUT2D eigenvalue weighted by Gasteiger charge is 2.14. The van der Waals surface area contributed by atoms with Crippen molar-refractivity contribution in [2.75, 3.05) is 5.73 Å². The lowest BCUT2D eigenvalue weighted by Gasteiger charge is -2.12. The van der Waals surface area contributed by atoms with E-state index in [0.29, 0.717) is 5.95 Å². The fourth-order valence-electron chi connectivity index (χ4n) is 2.82. The third kappa shape index (κ3) is 2.02. The van der Waals surface area contributed by atoms with Crippen molar-refractivity contribution in [3.8, 4) is 11.3 Å². The number of nitrogen functional groups attached to an aromatic ring is 1. The van der Waals surface area contributed by atoms with Crippen LogP contribution in [0.5, 0.6) is 0 Å². The molecule has 0 unspecified atom stereocenters. The van der Waals surface area contributed by atoms with E-state index in [4.69, 9.17) is 5.73 Å². The van der Waals surface area contributed by atoms with Gasteiger partial charge in [0.05, 0.1) is 11.9 Å². The first-order valence-electron chi connectivity index (χ1n) is 7.23. The second-order valence-corrected chi connectivity index (χ2v) is 6.24. The Morgan fingerprint density at radius 1 is 1.18 bits per heavy atom. The van der Waals surface area contributed by atoms with Gasteiger partial charge in [0.1, 0.15) is 5.49 Å². The number of rotatable bonds is 1. The Labute approximate surface area is 127 Å². The molecule has 3 heterocycles. The minimum absolute atomic E-state index is 0.0295. The van der Waals surface area contributed by atoms with Crippen molar-refractivity contribution in [2.45, 2.75) is 13.8 Å². The number of aromatic amines is 2. The number of imidazole rings is 1. The van der Waals surface area contributed by atoms with Crippen LogP contribution in [0.15, 0.2) is 41.7 Å². The van der Waals surface area contributed by atoms with Crippen molar-refractivity contribution < 1.29 is 0 Å². The molecule has 0 amide bonds. The molecule has 0 saturated carbocycles. The average molecular weight is 291 g/mol. The topological polar surface area (TPSA) is 82.8 Å². The highest BCUT2D eigenvalue weighted by molar-refractivity contribution is 5.85. The molecule has 2 aromatic heterocycles. The van der Waals surface area contributed by atoms with E-state index < -0.39 is 0 Å². The molecule has 0 saturated heterocycles. The van der Waals surface area contributed by atoms with Crippen molar-refractivity contribution in [3.05, 3.63) is 47.4 Å². The van der Waals surface area contributed by atoms with Gasteiger partial charge in [0.15, 0.2) is 5.95 Å². The van der Waals surface area contributed by atoms with Crippen LogP contribution in [-0.2, 0) is 0 Å². The van der Waals surface area contributed by atoms with Crippen molar-refractivity contribution in [2.24, 2.45) is 10.4 Å². The molecule has 0 radical (unpaired) electrons. The summed E-state index contributed by atoms with van der Waals surface area (Å²) >= 11 is 0. The van der Waals surface area contributed by atoms with Crippen LogP contribution in [0.25, 0.3) is 28.2 Å². The minimum Gasteiger partial charge on any atom is -0.369 e. The lowest BCUT2D eigenvalue weighted by atomic mass is 9.92. The summed E-state index contributed by atoms with van der Waals surface area (Å²) in [5, 5.41) is 2.29. The second-order valence-electron chi connectivity index (χ2n) is 6.24. The van der Waals surface area contributed by atoms with Crippen molar-refractivity contribution >= 4 is 22.9 Å². The molecule has 5 nitrogen and oxygen atoms in total. The predicted molar refractivity (Wildman–Crippen MR) is 88.5 cm³/mol. The van der Waals surface area contributed by atoms with Crippen LogP contribution in [0, 0.1) is 5.41 Å². The molecular formula is C17H17N5. The van der Waals surface area contributed by atoms with Crippen LogP contribution >= 0.6 is 0 Å². The summed E-state index contributed by atoms with van der Waals surface area (Å²) < 4.78 is 0. The third-order valence-corrected chi connectivity index (χ3v) is 3.95. The Balaban J connectivity index is 2.02. The van der Waals surface area contributed by atoms with E-state index in [1.54, 1.807) is 6.20 Å². The van der Waals surface area contributed by atoms with Crippen LogP contribution in [0.3, 0.4) is 0 Å². The standard InChI is InChI=1S/C17H17N5/c1-17(2)5-6-19-15-12(8-17)11-7-10(3-4-13(11)21-15)14-9-20-16(18)22-14/h3-9H,1-2H3,(H,19,21)(H3,18,20,22). The summed E-state index contributed by atoms with van der Waals surface area (Å²) in [4.78, 5) is 15.0. The monoisotopic (exact) mass is 291 g/mol. The molecule has 1 aliphatic heterocycles. The van der Waals surface area contributed by atoms with E-state index in [0.717, 1.165) is 32.9 Å². The maximum absolute atomic E-state index is 5.67. The highest BCUT2D eigenvalue weighted by Crippen LogP contribution is 2.23. The number of benzene rings is 1. The van der Waals surface area contributed by atoms with Gasteiger partial charge in [-0.1, -0.05) is 32.1 Å². The van der Waals surface area contributed by atoms with E-state index >= 15 is 0 Å². The lowest BCUT2D eigenvalue weighted by Crippen LogP contribution is -2.24. The molecule has 110 valence electrons. The van der Waals surface area contributed by atoms with Crippen molar-refractivity contribution in [1.82, 2.24) is 15.0 Å². The number of nitrogens with zero attached hydrogens (tertiary/aromatic N) is 2. The molecule has 0 atom stereocenters. The molecule has 0 fully saturated rings. The normalized spacial score (nSPS) is 15.9. The molecule has 0 bridgehead atoms. The number of nitrogens with one attached hydrogen (secondary N) is 2. The first-order valence-corrected chi connectivity index (χ1v) is 7.23. The molecular weight excluding hydrogens is 274 g/mol. The van der Waals surface area contributed by atoms with Crippen LogP contribution in [0.2, 0.25) is 0 Å². The maximum Gasteiger partial charge on any atom is 0.197 e. The Morgan fingerprint density at radius 3 is 2.82 bits per heavy atom. The molecule has 5 heteroatoms. The van der Waals surface area contributed by atoms with E-state index in [-0.39, 0.29) is 5.41 Å². The van der Waals surface area contributed by atoms with E-state index in [1.807, 2.05) is 12.3 Å². The van der Waals surface area contributed by atoms with Gasteiger partial charge in [-0.05, 0) is 12.1 Å². The number of nitrogens with two attached hydrogens (primary N) is 1. The molecule has 1 aromatic carbocycles. The zero-order chi connectivity index (χ0) is 15.3. The average Bonchev–Trinajstić information content (AvgIpc) is 2.99. The summed E-state index contributed by atoms with van der Waals surface area (Å²) in [5.41, 5.74) is 9.59.